The average Bonchev–Trinajstić information content (AvgIpc) is 3.20. The van der Waals surface area contributed by atoms with Crippen molar-refractivity contribution in [2.24, 2.45) is 5.92 Å². The van der Waals surface area contributed by atoms with Crippen LogP contribution in [0.4, 0.5) is 0 Å². The Kier molecular flexibility index (Phi) is 11.4. The highest BCUT2D eigenvalue weighted by Crippen LogP contribution is 2.53. The van der Waals surface area contributed by atoms with E-state index in [0.717, 1.165) is 37.4 Å². The van der Waals surface area contributed by atoms with Crippen molar-refractivity contribution >= 4 is 28.4 Å². The first kappa shape index (κ1) is 33.6. The van der Waals surface area contributed by atoms with Crippen LogP contribution in [0.3, 0.4) is 0 Å². The second kappa shape index (κ2) is 12.9. The third-order valence-corrected chi connectivity index (χ3v) is 18.8. The molecule has 2 saturated heterocycles. The van der Waals surface area contributed by atoms with Crippen LogP contribution in [0.25, 0.3) is 0 Å². The summed E-state index contributed by atoms with van der Waals surface area (Å²) in [5, 5.41) is -0.104. The molecule has 222 valence electrons. The lowest BCUT2D eigenvalue weighted by molar-refractivity contribution is -0.328. The van der Waals surface area contributed by atoms with Gasteiger partial charge >= 0.3 is 5.97 Å². The van der Waals surface area contributed by atoms with Gasteiger partial charge in [-0.25, -0.2) is 4.79 Å². The fraction of sp³-hybridized carbons (Fsp3) is 0.931. The minimum Gasteiger partial charge on any atom is -0.465 e. The number of rotatable bonds is 14. The van der Waals surface area contributed by atoms with Gasteiger partial charge in [-0.1, -0.05) is 80.6 Å². The Hall–Kier alpha value is -0.586. The molecular formula is C29H56O7Si2. The number of ketones is 1. The molecule has 2 aliphatic heterocycles. The molecule has 0 aliphatic carbocycles. The lowest BCUT2D eigenvalue weighted by Crippen LogP contribution is -2.73. The van der Waals surface area contributed by atoms with E-state index in [-0.39, 0.29) is 17.4 Å². The van der Waals surface area contributed by atoms with E-state index in [1.165, 1.54) is 20.0 Å². The molecule has 2 rings (SSSR count). The third-order valence-electron chi connectivity index (χ3n) is 9.65. The zero-order valence-electron chi connectivity index (χ0n) is 26.2. The smallest absolute Gasteiger partial charge is 0.367 e. The number of unbranched alkanes of at least 4 members (excludes halogenated alkanes) is 4. The maximum Gasteiger partial charge on any atom is 0.367 e. The Morgan fingerprint density at radius 2 is 1.61 bits per heavy atom. The first-order valence-corrected chi connectivity index (χ1v) is 20.4. The summed E-state index contributed by atoms with van der Waals surface area (Å²) in [6.45, 7) is 21.6. The summed E-state index contributed by atoms with van der Waals surface area (Å²) in [4.78, 5) is 26.9. The minimum absolute atomic E-state index is 0.104. The molecule has 38 heavy (non-hydrogen) atoms. The van der Waals surface area contributed by atoms with Crippen molar-refractivity contribution in [3.05, 3.63) is 0 Å². The molecule has 0 bridgehead atoms. The van der Waals surface area contributed by atoms with Crippen molar-refractivity contribution < 1.29 is 32.7 Å². The molecule has 5 atom stereocenters. The molecule has 2 unspecified atom stereocenters. The van der Waals surface area contributed by atoms with Gasteiger partial charge in [0.25, 0.3) is 5.79 Å². The summed E-state index contributed by atoms with van der Waals surface area (Å²) in [6, 6.07) is 2.88. The van der Waals surface area contributed by atoms with Gasteiger partial charge in [-0.15, -0.1) is 0 Å². The third kappa shape index (κ3) is 6.49. The number of carbonyl (C=O) groups is 2. The van der Waals surface area contributed by atoms with Crippen molar-refractivity contribution in [2.45, 2.75) is 154 Å². The molecule has 2 aliphatic rings. The van der Waals surface area contributed by atoms with Crippen LogP contribution in [-0.2, 0) is 32.7 Å². The average molecular weight is 573 g/mol. The van der Waals surface area contributed by atoms with Gasteiger partial charge in [-0.2, -0.15) is 0 Å². The molecule has 9 heteroatoms. The lowest BCUT2D eigenvalue weighted by atomic mass is 9.74. The fourth-order valence-corrected chi connectivity index (χ4v) is 10.3. The molecule has 2 fully saturated rings. The zero-order valence-corrected chi connectivity index (χ0v) is 28.2. The first-order chi connectivity index (χ1) is 17.6. The molecular weight excluding hydrogens is 516 g/mol. The number of ether oxygens (including phenoxy) is 3. The standard InChI is InChI=1S/C29H56O7Si2/c1-12-16-17-18-19-20-23-28(8,36-38(13-2,14-3)15-4)25(35-37(10,11)27(5,6)7)24-22(30)21-33-29(24,34-23)26(31)32-9/h23-25H,12-21H2,1-11H3/t23-,24?,25-,28+,29?/m1/s1. The van der Waals surface area contributed by atoms with E-state index in [1.807, 2.05) is 0 Å². The summed E-state index contributed by atoms with van der Waals surface area (Å²) in [5.74, 6) is -3.60. The first-order valence-electron chi connectivity index (χ1n) is 14.9. The van der Waals surface area contributed by atoms with Gasteiger partial charge in [0.05, 0.1) is 19.3 Å². The zero-order chi connectivity index (χ0) is 29.0. The molecule has 0 N–H and O–H groups in total. The second-order valence-corrected chi connectivity index (χ2v) is 22.5. The van der Waals surface area contributed by atoms with Crippen LogP contribution in [-0.4, -0.2) is 65.7 Å². The van der Waals surface area contributed by atoms with E-state index in [0.29, 0.717) is 6.42 Å². The Morgan fingerprint density at radius 1 is 1.03 bits per heavy atom. The van der Waals surface area contributed by atoms with E-state index in [9.17, 15) is 9.59 Å². The highest BCUT2D eigenvalue weighted by molar-refractivity contribution is 6.74. The van der Waals surface area contributed by atoms with Gasteiger partial charge in [-0.05, 0) is 49.6 Å². The quantitative estimate of drug-likeness (QED) is 0.126. The number of fused-ring (bicyclic) bond motifs is 1. The van der Waals surface area contributed by atoms with Crippen LogP contribution in [0.2, 0.25) is 36.3 Å². The van der Waals surface area contributed by atoms with E-state index >= 15 is 0 Å². The normalized spacial score (nSPS) is 30.4. The molecule has 0 aromatic rings. The largest absolute Gasteiger partial charge is 0.465 e. The van der Waals surface area contributed by atoms with Crippen LogP contribution >= 0.6 is 0 Å². The monoisotopic (exact) mass is 572 g/mol. The Morgan fingerprint density at radius 3 is 2.11 bits per heavy atom. The molecule has 0 saturated carbocycles. The van der Waals surface area contributed by atoms with Crippen LogP contribution < -0.4 is 0 Å². The van der Waals surface area contributed by atoms with E-state index in [1.54, 1.807) is 0 Å². The Labute approximate surface area is 234 Å². The van der Waals surface area contributed by atoms with Crippen molar-refractivity contribution in [1.82, 2.24) is 0 Å². The summed E-state index contributed by atoms with van der Waals surface area (Å²) in [7, 11) is -3.27. The molecule has 7 nitrogen and oxygen atoms in total. The van der Waals surface area contributed by atoms with Crippen molar-refractivity contribution in [3.63, 3.8) is 0 Å². The highest BCUT2D eigenvalue weighted by atomic mass is 28.4. The van der Waals surface area contributed by atoms with Gasteiger partial charge < -0.3 is 23.1 Å². The maximum absolute atomic E-state index is 13.6. The number of carbonyl (C=O) groups excluding carboxylic acids is 2. The lowest BCUT2D eigenvalue weighted by Gasteiger charge is -2.58. The van der Waals surface area contributed by atoms with Crippen molar-refractivity contribution in [1.29, 1.82) is 0 Å². The van der Waals surface area contributed by atoms with Crippen molar-refractivity contribution in [3.8, 4) is 0 Å². The molecule has 0 aromatic carbocycles. The summed E-state index contributed by atoms with van der Waals surface area (Å²) >= 11 is 0. The van der Waals surface area contributed by atoms with Crippen LogP contribution in [0.5, 0.6) is 0 Å². The van der Waals surface area contributed by atoms with Gasteiger partial charge in [0.15, 0.2) is 22.4 Å². The summed E-state index contributed by atoms with van der Waals surface area (Å²) < 4.78 is 32.3. The number of Topliss-reactive ketones (excluding diaryl/α,β-unsaturated/α-hetero) is 1. The van der Waals surface area contributed by atoms with Gasteiger partial charge in [0.2, 0.25) is 0 Å². The van der Waals surface area contributed by atoms with Crippen LogP contribution in [0, 0.1) is 5.92 Å². The van der Waals surface area contributed by atoms with Crippen molar-refractivity contribution in [2.75, 3.05) is 13.7 Å². The molecule has 2 heterocycles. The molecule has 0 radical (unpaired) electrons. The van der Waals surface area contributed by atoms with E-state index < -0.39 is 52.1 Å². The second-order valence-electron chi connectivity index (χ2n) is 13.0. The number of hydrogen-bond acceptors (Lipinski definition) is 7. The van der Waals surface area contributed by atoms with Crippen LogP contribution in [0.1, 0.15) is 93.9 Å². The van der Waals surface area contributed by atoms with E-state index in [2.05, 4.69) is 68.5 Å². The predicted octanol–water partition coefficient (Wildman–Crippen LogP) is 7.00. The Bertz CT molecular complexity index is 799. The van der Waals surface area contributed by atoms with Crippen LogP contribution in [0.15, 0.2) is 0 Å². The molecule has 0 spiro atoms. The maximum atomic E-state index is 13.6. The predicted molar refractivity (Wildman–Crippen MR) is 156 cm³/mol. The minimum atomic E-state index is -2.41. The summed E-state index contributed by atoms with van der Waals surface area (Å²) in [6.07, 6.45) is 5.07. The van der Waals surface area contributed by atoms with Gasteiger partial charge in [0.1, 0.15) is 18.1 Å². The Balaban J connectivity index is 2.71. The highest BCUT2D eigenvalue weighted by Gasteiger charge is 2.72. The fourth-order valence-electron chi connectivity index (χ4n) is 5.78. The molecule has 0 aromatic heterocycles. The van der Waals surface area contributed by atoms with Gasteiger partial charge in [0, 0.05) is 0 Å². The topological polar surface area (TPSA) is 80.3 Å². The van der Waals surface area contributed by atoms with E-state index in [4.69, 9.17) is 23.1 Å². The summed E-state index contributed by atoms with van der Waals surface area (Å²) in [5.41, 5.74) is -0.903. The molecule has 0 amide bonds. The number of methoxy groups -OCH3 is 1. The SMILES string of the molecule is CCCCCCC[C@H]1OC2(C(=O)OC)OCC(=O)C2[C@@H](O[Si](C)(C)C(C)(C)C)[C@@]1(C)O[Si](CC)(CC)CC. The number of esters is 1. The number of hydrogen-bond donors (Lipinski definition) is 0. The van der Waals surface area contributed by atoms with Gasteiger partial charge in [-0.3, -0.25) is 4.79 Å².